The second kappa shape index (κ2) is 9.73. The Morgan fingerprint density at radius 1 is 1.14 bits per heavy atom. The van der Waals surface area contributed by atoms with E-state index in [0.29, 0.717) is 12.5 Å². The number of carbonyl (C=O) groups is 1. The Balaban J connectivity index is 0.000000672. The lowest BCUT2D eigenvalue weighted by atomic mass is 9.81. The Hall–Kier alpha value is -4.58. The smallest absolute Gasteiger partial charge is 0.300 e. The molecule has 0 aliphatic carbocycles. The van der Waals surface area contributed by atoms with E-state index in [-0.39, 0.29) is 5.56 Å². The van der Waals surface area contributed by atoms with E-state index in [4.69, 9.17) is 25.6 Å². The van der Waals surface area contributed by atoms with Crippen LogP contribution in [0.4, 0.5) is 4.39 Å². The number of aliphatic carboxylic acids is 1. The zero-order chi connectivity index (χ0) is 25.0. The average molecular weight is 471 g/mol. The Bertz CT molecular complexity index is 1360. The summed E-state index contributed by atoms with van der Waals surface area (Å²) < 4.78 is 13.8. The quantitative estimate of drug-likeness (QED) is 0.603. The largest absolute Gasteiger partial charge is 0.481 e. The lowest BCUT2D eigenvalue weighted by molar-refractivity contribution is -0.134. The molecule has 2 aliphatic heterocycles. The van der Waals surface area contributed by atoms with E-state index in [9.17, 15) is 9.65 Å². The van der Waals surface area contributed by atoms with Gasteiger partial charge in [-0.05, 0) is 59.0 Å². The van der Waals surface area contributed by atoms with Crippen molar-refractivity contribution >= 4 is 17.8 Å². The number of hydrogen-bond donors (Lipinski definition) is 2. The van der Waals surface area contributed by atoms with Gasteiger partial charge in [0.1, 0.15) is 17.7 Å². The van der Waals surface area contributed by atoms with Crippen LogP contribution in [0.25, 0.3) is 11.1 Å². The molecule has 2 aromatic carbocycles. The van der Waals surface area contributed by atoms with Gasteiger partial charge in [0.2, 0.25) is 0 Å². The van der Waals surface area contributed by atoms with Crippen molar-refractivity contribution in [2.45, 2.75) is 18.9 Å². The maximum absolute atomic E-state index is 13.8. The molecular weight excluding hydrogens is 447 g/mol. The van der Waals surface area contributed by atoms with Crippen LogP contribution < -0.4 is 5.73 Å². The third-order valence-electron chi connectivity index (χ3n) is 5.74. The highest BCUT2D eigenvalue weighted by Gasteiger charge is 2.49. The number of guanidine groups is 1. The van der Waals surface area contributed by atoms with Gasteiger partial charge < -0.3 is 10.8 Å². The Labute approximate surface area is 201 Å². The van der Waals surface area contributed by atoms with Crippen LogP contribution in [0, 0.1) is 17.1 Å². The number of fused-ring (bicyclic) bond motifs is 1. The third kappa shape index (κ3) is 4.46. The van der Waals surface area contributed by atoms with Gasteiger partial charge in [-0.25, -0.2) is 9.38 Å². The van der Waals surface area contributed by atoms with Crippen molar-refractivity contribution in [3.8, 4) is 17.2 Å². The molecule has 3 heterocycles. The lowest BCUT2D eigenvalue weighted by Crippen LogP contribution is -2.46. The summed E-state index contributed by atoms with van der Waals surface area (Å²) in [7, 11) is 0. The predicted molar refractivity (Wildman–Crippen MR) is 130 cm³/mol. The average Bonchev–Trinajstić information content (AvgIpc) is 3.18. The molecule has 0 bridgehead atoms. The highest BCUT2D eigenvalue weighted by atomic mass is 19.1. The van der Waals surface area contributed by atoms with Gasteiger partial charge in [-0.1, -0.05) is 24.3 Å². The summed E-state index contributed by atoms with van der Waals surface area (Å²) in [5, 5.41) is 16.6. The first-order valence-corrected chi connectivity index (χ1v) is 10.9. The number of hydrogen-bond acceptors (Lipinski definition) is 7. The van der Waals surface area contributed by atoms with E-state index in [1.807, 2.05) is 47.4 Å². The van der Waals surface area contributed by atoms with Crippen molar-refractivity contribution in [1.29, 1.82) is 5.26 Å². The number of nitriles is 1. The fourth-order valence-electron chi connectivity index (χ4n) is 4.28. The van der Waals surface area contributed by atoms with Gasteiger partial charge in [-0.3, -0.25) is 19.7 Å². The summed E-state index contributed by atoms with van der Waals surface area (Å²) in [6.45, 7) is 2.56. The van der Waals surface area contributed by atoms with E-state index in [0.717, 1.165) is 48.0 Å². The molecule has 0 saturated heterocycles. The minimum absolute atomic E-state index is 0.0118. The second-order valence-electron chi connectivity index (χ2n) is 8.03. The van der Waals surface area contributed by atoms with Gasteiger partial charge in [-0.2, -0.15) is 5.26 Å². The number of rotatable bonds is 3. The van der Waals surface area contributed by atoms with Crippen LogP contribution in [-0.2, 0) is 10.3 Å². The minimum atomic E-state index is -0.887. The number of nitrogens with two attached hydrogens (primary N) is 1. The van der Waals surface area contributed by atoms with Gasteiger partial charge in [0.05, 0.1) is 5.56 Å². The van der Waals surface area contributed by atoms with Crippen molar-refractivity contribution in [3.63, 3.8) is 0 Å². The fourth-order valence-corrected chi connectivity index (χ4v) is 4.28. The van der Waals surface area contributed by atoms with E-state index < -0.39 is 17.3 Å². The molecule has 0 fully saturated rings. The summed E-state index contributed by atoms with van der Waals surface area (Å²) in [5.41, 5.74) is 8.89. The molecule has 1 unspecified atom stereocenters. The number of benzene rings is 2. The Kier molecular flexibility index (Phi) is 6.55. The molecule has 2 aliphatic rings. The van der Waals surface area contributed by atoms with Crippen molar-refractivity contribution in [2.75, 3.05) is 13.1 Å². The maximum atomic E-state index is 13.8. The number of aromatic nitrogens is 1. The van der Waals surface area contributed by atoms with Gasteiger partial charge in [0.25, 0.3) is 5.97 Å². The molecule has 0 radical (unpaired) electrons. The third-order valence-corrected chi connectivity index (χ3v) is 5.74. The van der Waals surface area contributed by atoms with Crippen molar-refractivity contribution < 1.29 is 14.3 Å². The predicted octanol–water partition coefficient (Wildman–Crippen LogP) is 3.53. The second-order valence-corrected chi connectivity index (χ2v) is 8.03. The highest BCUT2D eigenvalue weighted by Crippen LogP contribution is 2.42. The van der Waals surface area contributed by atoms with Gasteiger partial charge in [0, 0.05) is 32.4 Å². The molecule has 3 aromatic rings. The topological polar surface area (TPSA) is 128 Å². The first kappa shape index (κ1) is 23.6. The minimum Gasteiger partial charge on any atom is -0.481 e. The summed E-state index contributed by atoms with van der Waals surface area (Å²) in [6, 6.07) is 18.2. The Morgan fingerprint density at radius 2 is 1.86 bits per heavy atom. The zero-order valence-electron chi connectivity index (χ0n) is 19.0. The monoisotopic (exact) mass is 470 g/mol. The van der Waals surface area contributed by atoms with E-state index >= 15 is 0 Å². The number of nitrogens with zero attached hydrogens (tertiary/aromatic N) is 5. The number of pyridine rings is 1. The number of aliphatic imine (C=N–C) groups is 2. The van der Waals surface area contributed by atoms with E-state index in [1.165, 1.54) is 6.07 Å². The van der Waals surface area contributed by atoms with E-state index in [2.05, 4.69) is 4.98 Å². The fraction of sp³-hybridized carbons (Fsp3) is 0.192. The molecule has 0 saturated carbocycles. The number of amidine groups is 1. The summed E-state index contributed by atoms with van der Waals surface area (Å²) >= 11 is 0. The summed E-state index contributed by atoms with van der Waals surface area (Å²) in [5.74, 6) is -0.123. The van der Waals surface area contributed by atoms with Crippen LogP contribution in [-0.4, -0.2) is 45.8 Å². The molecule has 1 atom stereocenters. The number of halogens is 1. The molecule has 35 heavy (non-hydrogen) atoms. The van der Waals surface area contributed by atoms with E-state index in [1.54, 1.807) is 24.5 Å². The van der Waals surface area contributed by atoms with Crippen molar-refractivity contribution in [1.82, 2.24) is 9.88 Å². The van der Waals surface area contributed by atoms with Crippen LogP contribution in [0.3, 0.4) is 0 Å². The van der Waals surface area contributed by atoms with Crippen LogP contribution in [0.5, 0.6) is 0 Å². The SMILES string of the molecule is CC(=O)O.N#Cc1cc(-c2cccc(C3(c4ccncc4)N=C(N)N4CCCN=C43)c2)ccc1F. The highest BCUT2D eigenvalue weighted by molar-refractivity contribution is 6.12. The molecule has 1 aromatic heterocycles. The first-order chi connectivity index (χ1) is 16.9. The van der Waals surface area contributed by atoms with Crippen LogP contribution in [0.15, 0.2) is 77.0 Å². The summed E-state index contributed by atoms with van der Waals surface area (Å²) in [6.07, 6.45) is 4.38. The first-order valence-electron chi connectivity index (χ1n) is 10.9. The maximum Gasteiger partial charge on any atom is 0.300 e. The lowest BCUT2D eigenvalue weighted by Gasteiger charge is -2.33. The van der Waals surface area contributed by atoms with Crippen molar-refractivity contribution in [2.24, 2.45) is 15.7 Å². The molecular formula is C26H23FN6O2. The molecule has 176 valence electrons. The van der Waals surface area contributed by atoms with Gasteiger partial charge in [-0.15, -0.1) is 0 Å². The Morgan fingerprint density at radius 3 is 2.57 bits per heavy atom. The summed E-state index contributed by atoms with van der Waals surface area (Å²) in [4.78, 5) is 24.9. The standard InChI is InChI=1S/C24H19FN6.C2H4O2/c25-21-6-5-17(13-18(21)15-26)16-3-1-4-20(14-16)24(19-7-10-28-11-8-19)22-29-9-2-12-31(22)23(27)30-24;1-2(3)4/h1,3-8,10-11,13-14H,2,9,12H2,(H2,27,30);1H3,(H,3,4). The molecule has 0 spiro atoms. The van der Waals surface area contributed by atoms with Gasteiger partial charge in [0.15, 0.2) is 11.5 Å². The van der Waals surface area contributed by atoms with Crippen LogP contribution in [0.1, 0.15) is 30.0 Å². The number of carboxylic acid groups (broad SMARTS) is 1. The zero-order valence-corrected chi connectivity index (χ0v) is 19.0. The molecule has 8 nitrogen and oxygen atoms in total. The van der Waals surface area contributed by atoms with Crippen molar-refractivity contribution in [3.05, 3.63) is 89.5 Å². The van der Waals surface area contributed by atoms with Crippen LogP contribution >= 0.6 is 0 Å². The van der Waals surface area contributed by atoms with Gasteiger partial charge >= 0.3 is 0 Å². The normalized spacial score (nSPS) is 18.4. The molecule has 3 N–H and O–H groups in total. The molecule has 9 heteroatoms. The molecule has 5 rings (SSSR count). The number of carboxylic acids is 1. The van der Waals surface area contributed by atoms with Crippen LogP contribution in [0.2, 0.25) is 0 Å². The molecule has 0 amide bonds.